The molecule has 0 aliphatic carbocycles. The van der Waals surface area contributed by atoms with Gasteiger partial charge in [0.25, 0.3) is 0 Å². The number of rotatable bonds is 4. The van der Waals surface area contributed by atoms with Gasteiger partial charge in [0.1, 0.15) is 53.4 Å². The highest BCUT2D eigenvalue weighted by Gasteiger charge is 2.49. The molecule has 0 saturated carbocycles. The van der Waals surface area contributed by atoms with Crippen molar-refractivity contribution in [2.24, 2.45) is 0 Å². The quantitative estimate of drug-likeness (QED) is 0.250. The van der Waals surface area contributed by atoms with Gasteiger partial charge in [0.2, 0.25) is 5.88 Å². The summed E-state index contributed by atoms with van der Waals surface area (Å²) in [5, 5.41) is 11.5. The lowest BCUT2D eigenvalue weighted by atomic mass is 9.95. The number of ether oxygens (including phenoxy) is 2. The minimum atomic E-state index is -0.928. The molecular formula is C33H28F3N5O3. The van der Waals surface area contributed by atoms with Crippen molar-refractivity contribution >= 4 is 27.5 Å². The van der Waals surface area contributed by atoms with Crippen LogP contribution in [0, 0.1) is 24.0 Å². The Morgan fingerprint density at radius 1 is 1.16 bits per heavy atom. The molecule has 1 N–H and O–H groups in total. The first kappa shape index (κ1) is 27.0. The van der Waals surface area contributed by atoms with Gasteiger partial charge in [-0.05, 0) is 49.4 Å². The van der Waals surface area contributed by atoms with Crippen molar-refractivity contribution in [3.05, 3.63) is 53.6 Å². The normalized spacial score (nSPS) is 24.2. The molecule has 0 unspecified atom stereocenters. The van der Waals surface area contributed by atoms with E-state index in [-0.39, 0.29) is 70.0 Å². The molecule has 8 nitrogen and oxygen atoms in total. The number of benzene rings is 2. The maximum atomic E-state index is 16.8. The molecule has 3 atom stereocenters. The Hall–Kier alpha value is -4.56. The molecule has 224 valence electrons. The molecule has 4 aliphatic rings. The Morgan fingerprint density at radius 2 is 2.05 bits per heavy atom. The summed E-state index contributed by atoms with van der Waals surface area (Å²) < 4.78 is 58.5. The molecule has 0 spiro atoms. The van der Waals surface area contributed by atoms with Gasteiger partial charge >= 0.3 is 6.01 Å². The minimum absolute atomic E-state index is 0.0376. The lowest BCUT2D eigenvalue weighted by Gasteiger charge is -2.32. The summed E-state index contributed by atoms with van der Waals surface area (Å²) >= 11 is 0. The van der Waals surface area contributed by atoms with E-state index in [1.165, 1.54) is 24.3 Å². The van der Waals surface area contributed by atoms with Gasteiger partial charge in [-0.25, -0.2) is 18.2 Å². The molecule has 8 rings (SSSR count). The van der Waals surface area contributed by atoms with Gasteiger partial charge in [-0.1, -0.05) is 24.1 Å². The van der Waals surface area contributed by atoms with E-state index in [9.17, 15) is 13.9 Å². The number of hydrogen-bond donors (Lipinski definition) is 1. The SMILES string of the molecule is C#Cc1c(F)ccc2cc(O)cc(-c3nc4c5c(nc(OC[C@@]67CCCN6C[C@H](F)C7)nc5c3F)N3CC=CC[C@H]3CO4)c12. The van der Waals surface area contributed by atoms with Crippen LogP contribution in [0.2, 0.25) is 0 Å². The predicted molar refractivity (Wildman–Crippen MR) is 159 cm³/mol. The Balaban J connectivity index is 1.33. The second-order valence-corrected chi connectivity index (χ2v) is 12.0. The Morgan fingerprint density at radius 3 is 2.91 bits per heavy atom. The molecule has 2 fully saturated rings. The van der Waals surface area contributed by atoms with Gasteiger partial charge in [0, 0.05) is 30.5 Å². The lowest BCUT2D eigenvalue weighted by Crippen LogP contribution is -2.43. The first-order valence-electron chi connectivity index (χ1n) is 14.7. The summed E-state index contributed by atoms with van der Waals surface area (Å²) in [5.74, 6) is 1.25. The summed E-state index contributed by atoms with van der Waals surface area (Å²) in [4.78, 5) is 18.0. The fourth-order valence-corrected chi connectivity index (χ4v) is 7.37. The third kappa shape index (κ3) is 4.08. The van der Waals surface area contributed by atoms with Crippen LogP contribution in [0.3, 0.4) is 0 Å². The molecule has 0 amide bonds. The molecule has 4 aromatic rings. The van der Waals surface area contributed by atoms with Crippen LogP contribution in [-0.4, -0.2) is 75.6 Å². The summed E-state index contributed by atoms with van der Waals surface area (Å²) in [5.41, 5.74) is -0.733. The summed E-state index contributed by atoms with van der Waals surface area (Å²) in [6.45, 7) is 2.12. The van der Waals surface area contributed by atoms with Crippen molar-refractivity contribution in [2.45, 2.75) is 43.4 Å². The highest BCUT2D eigenvalue weighted by Crippen LogP contribution is 2.44. The standard InChI is InChI=1S/C33H28F3N5O3/c1-2-22-24(35)8-7-18-12-21(42)13-23(25(18)22)28-27(36)29-26-30(41-11-4-3-6-20(41)16-43-31(26)37-28)39-32(38-29)44-17-33-9-5-10-40(33)15-19(34)14-33/h1,3-4,7-8,12-13,19-20,42H,5-6,9-11,14-17H2/t19-,20+,33+/m1/s1. The van der Waals surface area contributed by atoms with Crippen LogP contribution in [-0.2, 0) is 0 Å². The van der Waals surface area contributed by atoms with Crippen LogP contribution in [0.25, 0.3) is 32.9 Å². The van der Waals surface area contributed by atoms with Gasteiger partial charge in [-0.15, -0.1) is 6.42 Å². The van der Waals surface area contributed by atoms with Gasteiger partial charge in [-0.2, -0.15) is 9.97 Å². The molecule has 0 bridgehead atoms. The third-order valence-electron chi connectivity index (χ3n) is 9.40. The fourth-order valence-electron chi connectivity index (χ4n) is 7.37. The molecule has 4 aliphatic heterocycles. The summed E-state index contributed by atoms with van der Waals surface area (Å²) in [6.07, 6.45) is 11.6. The number of phenolic OH excluding ortho intramolecular Hbond substituents is 1. The number of pyridine rings is 1. The van der Waals surface area contributed by atoms with Gasteiger partial charge in [0.15, 0.2) is 5.82 Å². The van der Waals surface area contributed by atoms with Crippen LogP contribution in [0.5, 0.6) is 17.6 Å². The predicted octanol–water partition coefficient (Wildman–Crippen LogP) is 5.29. The molecular weight excluding hydrogens is 571 g/mol. The Kier molecular flexibility index (Phi) is 6.14. The van der Waals surface area contributed by atoms with E-state index < -0.39 is 23.3 Å². The van der Waals surface area contributed by atoms with E-state index in [1.807, 2.05) is 11.0 Å². The summed E-state index contributed by atoms with van der Waals surface area (Å²) in [7, 11) is 0. The summed E-state index contributed by atoms with van der Waals surface area (Å²) in [6, 6.07) is 5.27. The Bertz CT molecular complexity index is 1930. The topological polar surface area (TPSA) is 83.8 Å². The lowest BCUT2D eigenvalue weighted by molar-refractivity contribution is 0.107. The molecule has 44 heavy (non-hydrogen) atoms. The van der Waals surface area contributed by atoms with Crippen molar-refractivity contribution in [1.29, 1.82) is 0 Å². The Labute approximate surface area is 251 Å². The van der Waals surface area contributed by atoms with Crippen molar-refractivity contribution < 1.29 is 27.8 Å². The number of aromatic hydroxyl groups is 1. The number of anilines is 1. The van der Waals surface area contributed by atoms with Crippen LogP contribution >= 0.6 is 0 Å². The third-order valence-corrected chi connectivity index (χ3v) is 9.40. The number of fused-ring (bicyclic) bond motifs is 4. The minimum Gasteiger partial charge on any atom is -0.508 e. The first-order chi connectivity index (χ1) is 21.3. The molecule has 2 aromatic carbocycles. The molecule has 2 saturated heterocycles. The van der Waals surface area contributed by atoms with Crippen LogP contribution < -0.4 is 14.4 Å². The number of halogens is 3. The maximum Gasteiger partial charge on any atom is 0.319 e. The zero-order valence-electron chi connectivity index (χ0n) is 23.7. The number of nitrogens with zero attached hydrogens (tertiary/aromatic N) is 5. The molecule has 2 aromatic heterocycles. The zero-order valence-corrected chi connectivity index (χ0v) is 23.7. The number of phenols is 1. The van der Waals surface area contributed by atoms with Crippen LogP contribution in [0.4, 0.5) is 19.0 Å². The molecule has 0 radical (unpaired) electrons. The van der Waals surface area contributed by atoms with Crippen molar-refractivity contribution in [3.63, 3.8) is 0 Å². The van der Waals surface area contributed by atoms with Gasteiger partial charge in [-0.3, -0.25) is 4.90 Å². The van der Waals surface area contributed by atoms with Gasteiger partial charge in [0.05, 0.1) is 17.1 Å². The second-order valence-electron chi connectivity index (χ2n) is 12.0. The number of hydrogen-bond acceptors (Lipinski definition) is 8. The first-order valence-corrected chi connectivity index (χ1v) is 14.7. The highest BCUT2D eigenvalue weighted by molar-refractivity contribution is 6.04. The van der Waals surface area contributed by atoms with E-state index in [0.717, 1.165) is 19.4 Å². The van der Waals surface area contributed by atoms with E-state index in [4.69, 9.17) is 20.9 Å². The van der Waals surface area contributed by atoms with E-state index in [2.05, 4.69) is 26.9 Å². The average Bonchev–Trinajstić information content (AvgIpc) is 3.49. The number of aromatic nitrogens is 3. The molecule has 11 heteroatoms. The maximum absolute atomic E-state index is 16.8. The molecule has 6 heterocycles. The largest absolute Gasteiger partial charge is 0.508 e. The van der Waals surface area contributed by atoms with Crippen LogP contribution in [0.1, 0.15) is 31.2 Å². The second kappa shape index (κ2) is 9.99. The fraction of sp³-hybridized carbons (Fsp3) is 0.364. The number of alkyl halides is 1. The van der Waals surface area contributed by atoms with Crippen LogP contribution in [0.15, 0.2) is 36.4 Å². The van der Waals surface area contributed by atoms with Crippen molar-refractivity contribution in [1.82, 2.24) is 19.9 Å². The highest BCUT2D eigenvalue weighted by atomic mass is 19.1. The van der Waals surface area contributed by atoms with E-state index in [1.54, 1.807) is 0 Å². The zero-order chi connectivity index (χ0) is 30.2. The van der Waals surface area contributed by atoms with Gasteiger partial charge < -0.3 is 19.5 Å². The van der Waals surface area contributed by atoms with Crippen molar-refractivity contribution in [3.8, 4) is 41.2 Å². The van der Waals surface area contributed by atoms with Crippen molar-refractivity contribution in [2.75, 3.05) is 37.7 Å². The smallest absolute Gasteiger partial charge is 0.319 e. The van der Waals surface area contributed by atoms with E-state index in [0.29, 0.717) is 37.1 Å². The average molecular weight is 600 g/mol. The van der Waals surface area contributed by atoms with E-state index >= 15 is 4.39 Å². The monoisotopic (exact) mass is 599 g/mol. The number of terminal acetylenes is 1.